The van der Waals surface area contributed by atoms with Gasteiger partial charge in [-0.3, -0.25) is 4.90 Å². The molecule has 2 fully saturated rings. The molecule has 0 unspecified atom stereocenters. The Balaban J connectivity index is 1.64. The first-order chi connectivity index (χ1) is 10.3. The fraction of sp³-hybridized carbons (Fsp3) is 0.647. The number of piperazine rings is 1. The maximum absolute atomic E-state index is 6.41. The largest absolute Gasteiger partial charge is 0.369 e. The van der Waals surface area contributed by atoms with Gasteiger partial charge in [-0.1, -0.05) is 24.6 Å². The van der Waals surface area contributed by atoms with Gasteiger partial charge in [0.2, 0.25) is 0 Å². The Labute approximate surface area is 133 Å². The van der Waals surface area contributed by atoms with Crippen LogP contribution in [0.1, 0.15) is 25.3 Å². The van der Waals surface area contributed by atoms with E-state index in [9.17, 15) is 0 Å². The van der Waals surface area contributed by atoms with Crippen molar-refractivity contribution in [1.82, 2.24) is 10.2 Å². The highest BCUT2D eigenvalue weighted by molar-refractivity contribution is 6.31. The van der Waals surface area contributed by atoms with Crippen molar-refractivity contribution in [1.29, 1.82) is 0 Å². The molecule has 1 aliphatic heterocycles. The maximum atomic E-state index is 6.41. The number of benzene rings is 1. The topological polar surface area (TPSA) is 18.5 Å². The van der Waals surface area contributed by atoms with Crippen molar-refractivity contribution >= 4 is 17.3 Å². The second kappa shape index (κ2) is 6.99. The minimum atomic E-state index is 0.855. The van der Waals surface area contributed by atoms with Gasteiger partial charge in [0.15, 0.2) is 0 Å². The molecule has 3 nitrogen and oxygen atoms in total. The molecule has 0 bridgehead atoms. The summed E-state index contributed by atoms with van der Waals surface area (Å²) in [6.45, 7) is 9.88. The van der Waals surface area contributed by atoms with Gasteiger partial charge in [0.05, 0.1) is 0 Å². The Kier molecular flexibility index (Phi) is 5.04. The second-order valence-electron chi connectivity index (χ2n) is 6.25. The van der Waals surface area contributed by atoms with Gasteiger partial charge in [-0.2, -0.15) is 0 Å². The van der Waals surface area contributed by atoms with Gasteiger partial charge in [0.1, 0.15) is 0 Å². The van der Waals surface area contributed by atoms with Crippen molar-refractivity contribution < 1.29 is 0 Å². The molecule has 1 aliphatic carbocycles. The lowest BCUT2D eigenvalue weighted by molar-refractivity contribution is 0.248. The number of rotatable bonds is 6. The van der Waals surface area contributed by atoms with Crippen LogP contribution in [0.4, 0.5) is 5.69 Å². The molecule has 21 heavy (non-hydrogen) atoms. The third-order valence-electron chi connectivity index (χ3n) is 4.57. The highest BCUT2D eigenvalue weighted by Gasteiger charge is 2.27. The summed E-state index contributed by atoms with van der Waals surface area (Å²) in [6, 6.07) is 6.29. The molecule has 0 spiro atoms. The van der Waals surface area contributed by atoms with Gasteiger partial charge in [-0.05, 0) is 37.4 Å². The molecule has 0 radical (unpaired) electrons. The van der Waals surface area contributed by atoms with Gasteiger partial charge >= 0.3 is 0 Å². The SMILES string of the molecule is CCNCc1c(Cl)cccc1N1CCN(CC2CC2)CC1. The van der Waals surface area contributed by atoms with Crippen LogP contribution in [0.5, 0.6) is 0 Å². The van der Waals surface area contributed by atoms with E-state index in [1.807, 2.05) is 6.07 Å². The van der Waals surface area contributed by atoms with Crippen LogP contribution in [0, 0.1) is 5.92 Å². The zero-order valence-electron chi connectivity index (χ0n) is 12.9. The summed E-state index contributed by atoms with van der Waals surface area (Å²) in [6.07, 6.45) is 2.89. The van der Waals surface area contributed by atoms with Crippen LogP contribution in [0.3, 0.4) is 0 Å². The Morgan fingerprint density at radius 1 is 1.19 bits per heavy atom. The molecule has 1 heterocycles. The Bertz CT molecular complexity index is 465. The standard InChI is InChI=1S/C17H26ClN3/c1-2-19-12-15-16(18)4-3-5-17(15)21-10-8-20(9-11-21)13-14-6-7-14/h3-5,14,19H,2,6-13H2,1H3. The van der Waals surface area contributed by atoms with Crippen molar-refractivity contribution in [2.45, 2.75) is 26.3 Å². The van der Waals surface area contributed by atoms with Crippen molar-refractivity contribution in [2.75, 3.05) is 44.2 Å². The van der Waals surface area contributed by atoms with E-state index in [0.717, 1.165) is 37.1 Å². The number of anilines is 1. The number of hydrogen-bond donors (Lipinski definition) is 1. The third kappa shape index (κ3) is 3.91. The first-order valence-electron chi connectivity index (χ1n) is 8.23. The van der Waals surface area contributed by atoms with Crippen molar-refractivity contribution in [3.05, 3.63) is 28.8 Å². The fourth-order valence-corrected chi connectivity index (χ4v) is 3.34. The normalized spacial score (nSPS) is 20.0. The lowest BCUT2D eigenvalue weighted by Crippen LogP contribution is -2.47. The summed E-state index contributed by atoms with van der Waals surface area (Å²) in [4.78, 5) is 5.13. The molecule has 0 aromatic heterocycles. The Morgan fingerprint density at radius 3 is 2.62 bits per heavy atom. The van der Waals surface area contributed by atoms with Crippen molar-refractivity contribution in [2.24, 2.45) is 5.92 Å². The predicted molar refractivity (Wildman–Crippen MR) is 90.2 cm³/mol. The summed E-state index contributed by atoms with van der Waals surface area (Å²) < 4.78 is 0. The molecule has 1 saturated carbocycles. The quantitative estimate of drug-likeness (QED) is 0.871. The van der Waals surface area contributed by atoms with E-state index in [0.29, 0.717) is 0 Å². The average Bonchev–Trinajstić information content (AvgIpc) is 3.31. The number of halogens is 1. The zero-order valence-corrected chi connectivity index (χ0v) is 13.7. The molecule has 1 aromatic rings. The lowest BCUT2D eigenvalue weighted by Gasteiger charge is -2.37. The molecule has 1 aromatic carbocycles. The molecule has 116 valence electrons. The predicted octanol–water partition coefficient (Wildman–Crippen LogP) is 2.98. The molecule has 0 amide bonds. The van der Waals surface area contributed by atoms with Crippen molar-refractivity contribution in [3.8, 4) is 0 Å². The van der Waals surface area contributed by atoms with E-state index in [4.69, 9.17) is 11.6 Å². The van der Waals surface area contributed by atoms with E-state index in [1.54, 1.807) is 0 Å². The summed E-state index contributed by atoms with van der Waals surface area (Å²) in [5.74, 6) is 0.993. The van der Waals surface area contributed by atoms with E-state index < -0.39 is 0 Å². The third-order valence-corrected chi connectivity index (χ3v) is 4.93. The first kappa shape index (κ1) is 15.1. The molecule has 2 aliphatic rings. The van der Waals surface area contributed by atoms with Gasteiger partial charge in [0, 0.05) is 55.5 Å². The maximum Gasteiger partial charge on any atom is 0.0471 e. The van der Waals surface area contributed by atoms with Crippen LogP contribution in [0.15, 0.2) is 18.2 Å². The van der Waals surface area contributed by atoms with E-state index in [2.05, 4.69) is 34.2 Å². The second-order valence-corrected chi connectivity index (χ2v) is 6.66. The summed E-state index contributed by atoms with van der Waals surface area (Å²) >= 11 is 6.41. The molecular weight excluding hydrogens is 282 g/mol. The zero-order chi connectivity index (χ0) is 14.7. The van der Waals surface area contributed by atoms with Crippen molar-refractivity contribution in [3.63, 3.8) is 0 Å². The molecule has 1 N–H and O–H groups in total. The molecular formula is C17H26ClN3. The monoisotopic (exact) mass is 307 g/mol. The molecule has 0 atom stereocenters. The van der Waals surface area contributed by atoms with Gasteiger partial charge < -0.3 is 10.2 Å². The van der Waals surface area contributed by atoms with Gasteiger partial charge in [-0.15, -0.1) is 0 Å². The Hall–Kier alpha value is -0.770. The lowest BCUT2D eigenvalue weighted by atomic mass is 10.1. The number of hydrogen-bond acceptors (Lipinski definition) is 3. The van der Waals surface area contributed by atoms with Crippen LogP contribution in [0.25, 0.3) is 0 Å². The molecule has 3 rings (SSSR count). The minimum absolute atomic E-state index is 0.855. The summed E-state index contributed by atoms with van der Waals surface area (Å²) in [5.41, 5.74) is 2.56. The van der Waals surface area contributed by atoms with Gasteiger partial charge in [0.25, 0.3) is 0 Å². The van der Waals surface area contributed by atoms with Crippen LogP contribution in [-0.4, -0.2) is 44.2 Å². The fourth-order valence-electron chi connectivity index (χ4n) is 3.11. The van der Waals surface area contributed by atoms with Crippen LogP contribution < -0.4 is 10.2 Å². The van der Waals surface area contributed by atoms with Crippen LogP contribution in [0.2, 0.25) is 5.02 Å². The average molecular weight is 308 g/mol. The van der Waals surface area contributed by atoms with E-state index in [-0.39, 0.29) is 0 Å². The molecule has 1 saturated heterocycles. The number of nitrogens with zero attached hydrogens (tertiary/aromatic N) is 2. The highest BCUT2D eigenvalue weighted by Crippen LogP contribution is 2.31. The van der Waals surface area contributed by atoms with Crippen LogP contribution >= 0.6 is 11.6 Å². The van der Waals surface area contributed by atoms with E-state index >= 15 is 0 Å². The first-order valence-corrected chi connectivity index (χ1v) is 8.61. The van der Waals surface area contributed by atoms with E-state index in [1.165, 1.54) is 43.7 Å². The molecule has 4 heteroatoms. The van der Waals surface area contributed by atoms with Gasteiger partial charge in [-0.25, -0.2) is 0 Å². The van der Waals surface area contributed by atoms with Crippen LogP contribution in [-0.2, 0) is 6.54 Å². The number of nitrogens with one attached hydrogen (secondary N) is 1. The summed E-state index contributed by atoms with van der Waals surface area (Å²) in [5, 5.41) is 4.29. The summed E-state index contributed by atoms with van der Waals surface area (Å²) in [7, 11) is 0. The smallest absolute Gasteiger partial charge is 0.0471 e. The minimum Gasteiger partial charge on any atom is -0.369 e. The Morgan fingerprint density at radius 2 is 1.95 bits per heavy atom. The highest BCUT2D eigenvalue weighted by atomic mass is 35.5.